The van der Waals surface area contributed by atoms with Gasteiger partial charge in [0, 0.05) is 30.7 Å². The molecule has 1 aliphatic heterocycles. The van der Waals surface area contributed by atoms with E-state index >= 15 is 0 Å². The van der Waals surface area contributed by atoms with Crippen molar-refractivity contribution in [3.8, 4) is 0 Å². The Bertz CT molecular complexity index is 433. The summed E-state index contributed by atoms with van der Waals surface area (Å²) in [5, 5.41) is 3.44. The fourth-order valence-corrected chi connectivity index (χ4v) is 3.28. The van der Waals surface area contributed by atoms with Crippen LogP contribution in [-0.4, -0.2) is 37.7 Å². The van der Waals surface area contributed by atoms with E-state index in [9.17, 15) is 0 Å². The topological polar surface area (TPSA) is 24.5 Å². The van der Waals surface area contributed by atoms with Gasteiger partial charge in [-0.05, 0) is 50.0 Å². The Balaban J connectivity index is 1.84. The quantitative estimate of drug-likeness (QED) is 0.722. The van der Waals surface area contributed by atoms with Crippen LogP contribution in [0.3, 0.4) is 0 Å². The molecule has 1 aliphatic rings. The minimum Gasteiger partial charge on any atom is -0.377 e. The summed E-state index contributed by atoms with van der Waals surface area (Å²) in [6, 6.07) is 6.69. The van der Waals surface area contributed by atoms with Crippen molar-refractivity contribution >= 4 is 15.9 Å². The van der Waals surface area contributed by atoms with Crippen molar-refractivity contribution in [3.63, 3.8) is 0 Å². The zero-order valence-electron chi connectivity index (χ0n) is 13.2. The lowest BCUT2D eigenvalue weighted by atomic mass is 10.1. The second-order valence-corrected chi connectivity index (χ2v) is 6.79. The van der Waals surface area contributed by atoms with Crippen LogP contribution in [0, 0.1) is 0 Å². The fourth-order valence-electron chi connectivity index (χ4n) is 2.73. The van der Waals surface area contributed by atoms with Gasteiger partial charge in [0.25, 0.3) is 0 Å². The van der Waals surface area contributed by atoms with Crippen molar-refractivity contribution in [3.05, 3.63) is 33.8 Å². The van der Waals surface area contributed by atoms with Crippen LogP contribution in [0.4, 0.5) is 0 Å². The SMILES string of the molecule is CCCNCc1ccc(CN(C)CC2CCCO2)c(Br)c1. The molecule has 0 saturated carbocycles. The summed E-state index contributed by atoms with van der Waals surface area (Å²) in [6.07, 6.45) is 4.01. The number of halogens is 1. The number of ether oxygens (including phenoxy) is 1. The van der Waals surface area contributed by atoms with Crippen LogP contribution in [0.2, 0.25) is 0 Å². The monoisotopic (exact) mass is 354 g/mol. The molecule has 0 aliphatic carbocycles. The predicted molar refractivity (Wildman–Crippen MR) is 91.4 cm³/mol. The van der Waals surface area contributed by atoms with Crippen LogP contribution in [0.1, 0.15) is 37.3 Å². The van der Waals surface area contributed by atoms with Gasteiger partial charge < -0.3 is 10.1 Å². The molecule has 1 saturated heterocycles. The fraction of sp³-hybridized carbons (Fsp3) is 0.647. The third-order valence-electron chi connectivity index (χ3n) is 3.85. The van der Waals surface area contributed by atoms with Gasteiger partial charge in [0.05, 0.1) is 6.10 Å². The third-order valence-corrected chi connectivity index (χ3v) is 4.59. The van der Waals surface area contributed by atoms with E-state index in [1.165, 1.54) is 34.9 Å². The van der Waals surface area contributed by atoms with Crippen molar-refractivity contribution in [2.24, 2.45) is 0 Å². The largest absolute Gasteiger partial charge is 0.377 e. The lowest BCUT2D eigenvalue weighted by Gasteiger charge is -2.21. The highest BCUT2D eigenvalue weighted by molar-refractivity contribution is 9.10. The number of nitrogens with zero attached hydrogens (tertiary/aromatic N) is 1. The highest BCUT2D eigenvalue weighted by Crippen LogP contribution is 2.21. The Morgan fingerprint density at radius 1 is 1.43 bits per heavy atom. The van der Waals surface area contributed by atoms with Crippen molar-refractivity contribution in [1.82, 2.24) is 10.2 Å². The Morgan fingerprint density at radius 2 is 2.29 bits per heavy atom. The Kier molecular flexibility index (Phi) is 7.17. The Hall–Kier alpha value is -0.420. The minimum absolute atomic E-state index is 0.422. The third kappa shape index (κ3) is 5.70. The standard InChI is InChI=1S/C17H27BrN2O/c1-3-8-19-11-14-6-7-15(17(18)10-14)12-20(2)13-16-5-4-9-21-16/h6-7,10,16,19H,3-5,8-9,11-13H2,1-2H3. The molecule has 2 rings (SSSR count). The normalized spacial score (nSPS) is 18.6. The molecule has 0 bridgehead atoms. The molecule has 1 atom stereocenters. The second kappa shape index (κ2) is 8.89. The lowest BCUT2D eigenvalue weighted by Crippen LogP contribution is -2.28. The molecular weight excluding hydrogens is 328 g/mol. The molecule has 0 radical (unpaired) electrons. The van der Waals surface area contributed by atoms with E-state index in [-0.39, 0.29) is 0 Å². The number of rotatable bonds is 8. The number of benzene rings is 1. The first kappa shape index (κ1) is 16.9. The van der Waals surface area contributed by atoms with Gasteiger partial charge >= 0.3 is 0 Å². The molecule has 1 aromatic carbocycles. The summed E-state index contributed by atoms with van der Waals surface area (Å²) >= 11 is 3.71. The van der Waals surface area contributed by atoms with Crippen molar-refractivity contribution < 1.29 is 4.74 Å². The van der Waals surface area contributed by atoms with E-state index in [4.69, 9.17) is 4.74 Å². The van der Waals surface area contributed by atoms with Crippen molar-refractivity contribution in [2.45, 2.75) is 45.4 Å². The summed E-state index contributed by atoms with van der Waals surface area (Å²) in [7, 11) is 2.17. The average molecular weight is 355 g/mol. The van der Waals surface area contributed by atoms with E-state index in [0.717, 1.165) is 32.8 Å². The Morgan fingerprint density at radius 3 is 2.95 bits per heavy atom. The predicted octanol–water partition coefficient (Wildman–Crippen LogP) is 3.56. The first-order valence-electron chi connectivity index (χ1n) is 7.97. The molecule has 0 spiro atoms. The van der Waals surface area contributed by atoms with Crippen LogP contribution < -0.4 is 5.32 Å². The summed E-state index contributed by atoms with van der Waals surface area (Å²) in [6.45, 7) is 7.12. The molecule has 1 N–H and O–H groups in total. The first-order chi connectivity index (χ1) is 10.2. The molecule has 1 fully saturated rings. The smallest absolute Gasteiger partial charge is 0.0702 e. The number of hydrogen-bond acceptors (Lipinski definition) is 3. The zero-order valence-corrected chi connectivity index (χ0v) is 14.8. The maximum Gasteiger partial charge on any atom is 0.0702 e. The van der Waals surface area contributed by atoms with Gasteiger partial charge in [-0.15, -0.1) is 0 Å². The van der Waals surface area contributed by atoms with Gasteiger partial charge in [-0.3, -0.25) is 4.90 Å². The van der Waals surface area contributed by atoms with Gasteiger partial charge in [0.15, 0.2) is 0 Å². The van der Waals surface area contributed by atoms with Gasteiger partial charge in [0.2, 0.25) is 0 Å². The molecule has 118 valence electrons. The maximum atomic E-state index is 5.70. The van der Waals surface area contributed by atoms with E-state index in [1.54, 1.807) is 0 Å². The molecule has 1 aromatic rings. The molecular formula is C17H27BrN2O. The summed E-state index contributed by atoms with van der Waals surface area (Å²) < 4.78 is 6.91. The number of likely N-dealkylation sites (N-methyl/N-ethyl adjacent to an activating group) is 1. The highest BCUT2D eigenvalue weighted by Gasteiger charge is 2.17. The first-order valence-corrected chi connectivity index (χ1v) is 8.76. The lowest BCUT2D eigenvalue weighted by molar-refractivity contribution is 0.0792. The van der Waals surface area contributed by atoms with E-state index < -0.39 is 0 Å². The molecule has 4 heteroatoms. The van der Waals surface area contributed by atoms with Crippen molar-refractivity contribution in [1.29, 1.82) is 0 Å². The summed E-state index contributed by atoms with van der Waals surface area (Å²) in [5.74, 6) is 0. The van der Waals surface area contributed by atoms with Crippen molar-refractivity contribution in [2.75, 3.05) is 26.7 Å². The van der Waals surface area contributed by atoms with E-state index in [2.05, 4.69) is 58.3 Å². The summed E-state index contributed by atoms with van der Waals surface area (Å²) in [4.78, 5) is 2.35. The molecule has 3 nitrogen and oxygen atoms in total. The summed E-state index contributed by atoms with van der Waals surface area (Å²) in [5.41, 5.74) is 2.68. The van der Waals surface area contributed by atoms with Crippen LogP contribution in [0.25, 0.3) is 0 Å². The molecule has 21 heavy (non-hydrogen) atoms. The van der Waals surface area contributed by atoms with Gasteiger partial charge in [0.1, 0.15) is 0 Å². The van der Waals surface area contributed by atoms with Gasteiger partial charge in [-0.2, -0.15) is 0 Å². The second-order valence-electron chi connectivity index (χ2n) is 5.93. The number of nitrogens with one attached hydrogen (secondary N) is 1. The van der Waals surface area contributed by atoms with Crippen LogP contribution in [0.5, 0.6) is 0 Å². The average Bonchev–Trinajstić information content (AvgIpc) is 2.95. The molecule has 0 aromatic heterocycles. The van der Waals surface area contributed by atoms with Gasteiger partial charge in [-0.1, -0.05) is 35.0 Å². The molecule has 1 heterocycles. The zero-order chi connectivity index (χ0) is 15.1. The van der Waals surface area contributed by atoms with Crippen LogP contribution in [-0.2, 0) is 17.8 Å². The van der Waals surface area contributed by atoms with E-state index in [1.807, 2.05) is 0 Å². The molecule has 1 unspecified atom stereocenters. The maximum absolute atomic E-state index is 5.70. The van der Waals surface area contributed by atoms with E-state index in [0.29, 0.717) is 6.10 Å². The highest BCUT2D eigenvalue weighted by atomic mass is 79.9. The van der Waals surface area contributed by atoms with Gasteiger partial charge in [-0.25, -0.2) is 0 Å². The minimum atomic E-state index is 0.422. The molecule has 0 amide bonds. The Labute approximate surface area is 137 Å². The van der Waals surface area contributed by atoms with Crippen LogP contribution in [0.15, 0.2) is 22.7 Å². The number of hydrogen-bond donors (Lipinski definition) is 1. The van der Waals surface area contributed by atoms with Crippen LogP contribution >= 0.6 is 15.9 Å².